The molecule has 0 spiro atoms. The Hall–Kier alpha value is -3.54. The van der Waals surface area contributed by atoms with Crippen LogP contribution in [0.4, 0.5) is 0 Å². The first kappa shape index (κ1) is 17.3. The molecule has 0 saturated heterocycles. The van der Waals surface area contributed by atoms with Crippen molar-refractivity contribution in [1.29, 1.82) is 0 Å². The summed E-state index contributed by atoms with van der Waals surface area (Å²) in [6.45, 7) is 2.00. The predicted molar refractivity (Wildman–Crippen MR) is 115 cm³/mol. The minimum atomic E-state index is -0.438. The van der Waals surface area contributed by atoms with Crippen LogP contribution in [0.2, 0.25) is 0 Å². The molecule has 3 aromatic heterocycles. The van der Waals surface area contributed by atoms with Crippen LogP contribution in [0.3, 0.4) is 0 Å². The van der Waals surface area contributed by atoms with Gasteiger partial charge in [-0.2, -0.15) is 5.10 Å². The normalized spacial score (nSPS) is 19.4. The van der Waals surface area contributed by atoms with Gasteiger partial charge in [-0.15, -0.1) is 0 Å². The van der Waals surface area contributed by atoms with Crippen LogP contribution in [-0.4, -0.2) is 25.7 Å². The van der Waals surface area contributed by atoms with Crippen molar-refractivity contribution in [2.24, 2.45) is 5.73 Å². The van der Waals surface area contributed by atoms with Crippen molar-refractivity contribution in [3.63, 3.8) is 0 Å². The topological polar surface area (TPSA) is 86.7 Å². The van der Waals surface area contributed by atoms with E-state index in [2.05, 4.69) is 9.67 Å². The fourth-order valence-corrected chi connectivity index (χ4v) is 5.18. The maximum atomic E-state index is 11.8. The first-order valence-corrected chi connectivity index (χ1v) is 10.4. The lowest BCUT2D eigenvalue weighted by Crippen LogP contribution is -2.10. The zero-order chi connectivity index (χ0) is 20.4. The second-order valence-corrected chi connectivity index (χ2v) is 8.34. The largest absolute Gasteiger partial charge is 0.366 e. The van der Waals surface area contributed by atoms with Crippen LogP contribution in [0.15, 0.2) is 48.7 Å². The van der Waals surface area contributed by atoms with Gasteiger partial charge in [-0.25, -0.2) is 0 Å². The monoisotopic (exact) mass is 395 g/mol. The van der Waals surface area contributed by atoms with Crippen LogP contribution < -0.4 is 5.73 Å². The van der Waals surface area contributed by atoms with E-state index in [0.717, 1.165) is 45.5 Å². The van der Waals surface area contributed by atoms with Gasteiger partial charge < -0.3 is 5.73 Å². The average molecular weight is 395 g/mol. The summed E-state index contributed by atoms with van der Waals surface area (Å²) >= 11 is 0. The second-order valence-electron chi connectivity index (χ2n) is 8.34. The molecule has 2 aliphatic rings. The van der Waals surface area contributed by atoms with Crippen molar-refractivity contribution in [1.82, 2.24) is 19.7 Å². The number of aromatic nitrogens is 4. The lowest BCUT2D eigenvalue weighted by molar-refractivity contribution is 0.100. The van der Waals surface area contributed by atoms with Crippen LogP contribution in [0, 0.1) is 6.92 Å². The van der Waals surface area contributed by atoms with Crippen LogP contribution in [0.5, 0.6) is 0 Å². The smallest absolute Gasteiger partial charge is 0.248 e. The van der Waals surface area contributed by atoms with E-state index >= 15 is 0 Å². The molecule has 4 heterocycles. The number of carbonyl (C=O) groups is 1. The second kappa shape index (κ2) is 6.23. The highest BCUT2D eigenvalue weighted by atomic mass is 16.1. The molecule has 6 rings (SSSR count). The number of amides is 1. The summed E-state index contributed by atoms with van der Waals surface area (Å²) in [4.78, 5) is 21.1. The molecule has 1 fully saturated rings. The molecular weight excluding hydrogens is 374 g/mol. The zero-order valence-electron chi connectivity index (χ0n) is 16.7. The van der Waals surface area contributed by atoms with Gasteiger partial charge in [0.05, 0.1) is 22.9 Å². The Morgan fingerprint density at radius 1 is 1.17 bits per heavy atom. The van der Waals surface area contributed by atoms with Crippen molar-refractivity contribution in [3.8, 4) is 22.5 Å². The van der Waals surface area contributed by atoms with Crippen LogP contribution >= 0.6 is 0 Å². The highest BCUT2D eigenvalue weighted by Crippen LogP contribution is 2.54. The third-order valence-electron chi connectivity index (χ3n) is 6.51. The van der Waals surface area contributed by atoms with E-state index < -0.39 is 5.91 Å². The zero-order valence-corrected chi connectivity index (χ0v) is 16.7. The van der Waals surface area contributed by atoms with E-state index in [-0.39, 0.29) is 0 Å². The van der Waals surface area contributed by atoms with Gasteiger partial charge in [0.15, 0.2) is 0 Å². The maximum Gasteiger partial charge on any atom is 0.248 e. The molecule has 2 N–H and O–H groups in total. The van der Waals surface area contributed by atoms with E-state index in [1.165, 1.54) is 18.5 Å². The molecule has 1 aliphatic carbocycles. The first-order valence-electron chi connectivity index (χ1n) is 10.4. The molecule has 6 heteroatoms. The number of carbonyl (C=O) groups excluding carboxylic acids is 1. The molecule has 148 valence electrons. The minimum absolute atomic E-state index is 0.438. The Labute approximate surface area is 173 Å². The van der Waals surface area contributed by atoms with Gasteiger partial charge in [0.25, 0.3) is 0 Å². The molecule has 2 unspecified atom stereocenters. The Bertz CT molecular complexity index is 1340. The Kier molecular flexibility index (Phi) is 3.60. The Morgan fingerprint density at radius 2 is 2.07 bits per heavy atom. The highest BCUT2D eigenvalue weighted by Gasteiger charge is 2.42. The molecule has 1 saturated carbocycles. The van der Waals surface area contributed by atoms with Crippen LogP contribution in [0.25, 0.3) is 33.4 Å². The van der Waals surface area contributed by atoms with Crippen molar-refractivity contribution in [2.45, 2.75) is 38.1 Å². The first-order chi connectivity index (χ1) is 14.6. The number of hydrogen-bond acceptors (Lipinski definition) is 4. The van der Waals surface area contributed by atoms with Gasteiger partial charge >= 0.3 is 0 Å². The molecule has 2 bridgehead atoms. The maximum absolute atomic E-state index is 11.8. The van der Waals surface area contributed by atoms with Gasteiger partial charge in [-0.05, 0) is 68.1 Å². The molecule has 4 aromatic rings. The van der Waals surface area contributed by atoms with E-state index in [1.54, 1.807) is 6.07 Å². The predicted octanol–water partition coefficient (Wildman–Crippen LogP) is 4.39. The number of primary amides is 1. The molecule has 0 radical (unpaired) electrons. The SMILES string of the molecule is Cc1cccc(-c2nn3c(c2-c2ccnc4ccc(C(N)=O)cc24)C2CCC3C2)n1. The molecule has 1 aromatic carbocycles. The number of nitrogens with two attached hydrogens (primary N) is 1. The van der Waals surface area contributed by atoms with Gasteiger partial charge in [-0.3, -0.25) is 19.4 Å². The molecule has 6 nitrogen and oxygen atoms in total. The summed E-state index contributed by atoms with van der Waals surface area (Å²) in [6, 6.07) is 14.0. The van der Waals surface area contributed by atoms with E-state index in [4.69, 9.17) is 15.8 Å². The van der Waals surface area contributed by atoms with E-state index in [0.29, 0.717) is 17.5 Å². The molecule has 2 atom stereocenters. The standard InChI is InChI=1S/C24H21N5O/c1-13-3-2-4-20(27-13)22-21(23-14-5-7-16(11-14)29(23)28-22)17-9-10-26-19-8-6-15(24(25)30)12-18(17)19/h2-4,6,8-10,12,14,16H,5,7,11H2,1H3,(H2,25,30). The molecule has 1 amide bonds. The average Bonchev–Trinajstić information content (AvgIpc) is 3.45. The quantitative estimate of drug-likeness (QED) is 0.557. The van der Waals surface area contributed by atoms with E-state index in [9.17, 15) is 4.79 Å². The summed E-state index contributed by atoms with van der Waals surface area (Å²) in [5.74, 6) is 0.0742. The Balaban J connectivity index is 1.68. The van der Waals surface area contributed by atoms with Crippen molar-refractivity contribution >= 4 is 16.8 Å². The fraction of sp³-hybridized carbons (Fsp3) is 0.250. The fourth-order valence-electron chi connectivity index (χ4n) is 5.18. The van der Waals surface area contributed by atoms with Gasteiger partial charge in [0.2, 0.25) is 5.91 Å². The number of aryl methyl sites for hydroxylation is 1. The number of nitrogens with zero attached hydrogens (tertiary/aromatic N) is 4. The van der Waals surface area contributed by atoms with Crippen molar-refractivity contribution in [3.05, 3.63) is 65.6 Å². The third kappa shape index (κ3) is 2.43. The summed E-state index contributed by atoms with van der Waals surface area (Å²) in [6.07, 6.45) is 5.36. The lowest BCUT2D eigenvalue weighted by atomic mass is 9.91. The summed E-state index contributed by atoms with van der Waals surface area (Å²) in [5, 5.41) is 5.99. The summed E-state index contributed by atoms with van der Waals surface area (Å²) in [7, 11) is 0. The molecule has 30 heavy (non-hydrogen) atoms. The van der Waals surface area contributed by atoms with E-state index in [1.807, 2.05) is 49.5 Å². The number of hydrogen-bond donors (Lipinski definition) is 1. The Morgan fingerprint density at radius 3 is 2.90 bits per heavy atom. The minimum Gasteiger partial charge on any atom is -0.366 e. The van der Waals surface area contributed by atoms with Crippen LogP contribution in [0.1, 0.15) is 53.0 Å². The van der Waals surface area contributed by atoms with Gasteiger partial charge in [0.1, 0.15) is 5.69 Å². The lowest BCUT2D eigenvalue weighted by Gasteiger charge is -2.15. The van der Waals surface area contributed by atoms with Crippen LogP contribution in [-0.2, 0) is 0 Å². The third-order valence-corrected chi connectivity index (χ3v) is 6.51. The number of fused-ring (bicyclic) bond motifs is 6. The van der Waals surface area contributed by atoms with Crippen molar-refractivity contribution < 1.29 is 4.79 Å². The van der Waals surface area contributed by atoms with Gasteiger partial charge in [0, 0.05) is 34.3 Å². The molecule has 1 aliphatic heterocycles. The number of pyridine rings is 2. The highest BCUT2D eigenvalue weighted by molar-refractivity contribution is 6.03. The number of rotatable bonds is 3. The molecular formula is C24H21N5O. The number of benzene rings is 1. The van der Waals surface area contributed by atoms with Crippen molar-refractivity contribution in [2.75, 3.05) is 0 Å². The summed E-state index contributed by atoms with van der Waals surface area (Å²) < 4.78 is 2.23. The summed E-state index contributed by atoms with van der Waals surface area (Å²) in [5.41, 5.74) is 13.1. The van der Waals surface area contributed by atoms with Gasteiger partial charge in [-0.1, -0.05) is 6.07 Å².